The lowest BCUT2D eigenvalue weighted by molar-refractivity contribution is -0.111. The molecule has 0 saturated heterocycles. The molecule has 1 heterocycles. The minimum Gasteiger partial charge on any atom is -0.462 e. The standard InChI is InChI=1S/C18H17FN2O4S/c1-3-25-18(24)14-10(2)15(16(20)23)26-17(14)21-13(22)8-7-11-5-4-6-12(19)9-11/h4-9H,3H2,1-2H3,(H2,20,23)(H,21,22)/b8-7+. The van der Waals surface area contributed by atoms with E-state index in [0.29, 0.717) is 11.1 Å². The van der Waals surface area contributed by atoms with E-state index in [4.69, 9.17) is 10.5 Å². The molecule has 3 N–H and O–H groups in total. The number of anilines is 1. The van der Waals surface area contributed by atoms with Crippen molar-refractivity contribution in [2.24, 2.45) is 5.73 Å². The summed E-state index contributed by atoms with van der Waals surface area (Å²) in [7, 11) is 0. The number of rotatable bonds is 6. The number of hydrogen-bond acceptors (Lipinski definition) is 5. The quantitative estimate of drug-likeness (QED) is 0.598. The van der Waals surface area contributed by atoms with Crippen LogP contribution in [-0.4, -0.2) is 24.4 Å². The molecular weight excluding hydrogens is 359 g/mol. The van der Waals surface area contributed by atoms with Gasteiger partial charge in [0.25, 0.3) is 5.91 Å². The summed E-state index contributed by atoms with van der Waals surface area (Å²) in [5, 5.41) is 2.71. The number of ether oxygens (including phenoxy) is 1. The molecule has 0 bridgehead atoms. The summed E-state index contributed by atoms with van der Waals surface area (Å²) in [5.41, 5.74) is 6.26. The number of benzene rings is 1. The predicted octanol–water partition coefficient (Wildman–Crippen LogP) is 3.12. The van der Waals surface area contributed by atoms with E-state index in [9.17, 15) is 18.8 Å². The number of primary amides is 1. The third-order valence-corrected chi connectivity index (χ3v) is 4.58. The van der Waals surface area contributed by atoms with Gasteiger partial charge >= 0.3 is 5.97 Å². The molecule has 6 nitrogen and oxygen atoms in total. The molecule has 0 saturated carbocycles. The van der Waals surface area contributed by atoms with Crippen LogP contribution in [0.4, 0.5) is 9.39 Å². The van der Waals surface area contributed by atoms with Gasteiger partial charge in [0.05, 0.1) is 17.0 Å². The Morgan fingerprint density at radius 1 is 1.35 bits per heavy atom. The van der Waals surface area contributed by atoms with Crippen LogP contribution in [0.25, 0.3) is 6.08 Å². The fourth-order valence-corrected chi connectivity index (χ4v) is 3.27. The van der Waals surface area contributed by atoms with Gasteiger partial charge < -0.3 is 15.8 Å². The molecule has 2 amide bonds. The summed E-state index contributed by atoms with van der Waals surface area (Å²) < 4.78 is 18.1. The molecule has 0 aliphatic carbocycles. The van der Waals surface area contributed by atoms with E-state index in [1.54, 1.807) is 19.9 Å². The Balaban J connectivity index is 2.27. The molecule has 1 aromatic carbocycles. The smallest absolute Gasteiger partial charge is 0.341 e. The Bertz CT molecular complexity index is 889. The first-order valence-electron chi connectivity index (χ1n) is 7.68. The second-order valence-electron chi connectivity index (χ2n) is 5.22. The van der Waals surface area contributed by atoms with Crippen LogP contribution in [0.3, 0.4) is 0 Å². The van der Waals surface area contributed by atoms with E-state index in [0.717, 1.165) is 11.3 Å². The van der Waals surface area contributed by atoms with Crippen molar-refractivity contribution in [1.82, 2.24) is 0 Å². The maximum Gasteiger partial charge on any atom is 0.341 e. The zero-order valence-electron chi connectivity index (χ0n) is 14.2. The number of halogens is 1. The summed E-state index contributed by atoms with van der Waals surface area (Å²) in [4.78, 5) is 36.0. The second-order valence-corrected chi connectivity index (χ2v) is 6.24. The summed E-state index contributed by atoms with van der Waals surface area (Å²) in [6.45, 7) is 3.35. The van der Waals surface area contributed by atoms with Gasteiger partial charge in [-0.25, -0.2) is 9.18 Å². The maximum atomic E-state index is 13.1. The zero-order valence-corrected chi connectivity index (χ0v) is 15.0. The predicted molar refractivity (Wildman–Crippen MR) is 97.6 cm³/mol. The summed E-state index contributed by atoms with van der Waals surface area (Å²) in [5.74, 6) is -2.32. The van der Waals surface area contributed by atoms with Gasteiger partial charge in [-0.1, -0.05) is 12.1 Å². The van der Waals surface area contributed by atoms with Gasteiger partial charge in [-0.15, -0.1) is 11.3 Å². The highest BCUT2D eigenvalue weighted by atomic mass is 32.1. The molecule has 2 rings (SSSR count). The largest absolute Gasteiger partial charge is 0.462 e. The minimum atomic E-state index is -0.700. The van der Waals surface area contributed by atoms with Gasteiger partial charge in [-0.3, -0.25) is 9.59 Å². The van der Waals surface area contributed by atoms with Crippen LogP contribution in [0.2, 0.25) is 0 Å². The molecule has 2 aromatic rings. The average molecular weight is 376 g/mol. The van der Waals surface area contributed by atoms with Crippen LogP contribution in [0, 0.1) is 12.7 Å². The van der Waals surface area contributed by atoms with Crippen LogP contribution < -0.4 is 11.1 Å². The first-order chi connectivity index (χ1) is 12.3. The van der Waals surface area contributed by atoms with E-state index in [1.165, 1.54) is 30.4 Å². The Kier molecular flexibility index (Phi) is 6.24. The number of nitrogens with two attached hydrogens (primary N) is 1. The fourth-order valence-electron chi connectivity index (χ4n) is 2.22. The van der Waals surface area contributed by atoms with Gasteiger partial charge in [0, 0.05) is 6.08 Å². The van der Waals surface area contributed by atoms with Crippen LogP contribution >= 0.6 is 11.3 Å². The average Bonchev–Trinajstić information content (AvgIpc) is 2.89. The van der Waals surface area contributed by atoms with E-state index >= 15 is 0 Å². The van der Waals surface area contributed by atoms with Crippen molar-refractivity contribution in [3.05, 3.63) is 57.7 Å². The number of hydrogen-bond donors (Lipinski definition) is 2. The highest BCUT2D eigenvalue weighted by Gasteiger charge is 2.25. The van der Waals surface area contributed by atoms with E-state index in [-0.39, 0.29) is 22.0 Å². The Hall–Kier alpha value is -3.00. The van der Waals surface area contributed by atoms with Crippen LogP contribution in [-0.2, 0) is 9.53 Å². The molecule has 136 valence electrons. The van der Waals surface area contributed by atoms with Crippen LogP contribution in [0.15, 0.2) is 30.3 Å². The maximum absolute atomic E-state index is 13.1. The van der Waals surface area contributed by atoms with E-state index in [1.807, 2.05) is 0 Å². The lowest BCUT2D eigenvalue weighted by Crippen LogP contribution is -2.13. The van der Waals surface area contributed by atoms with Crippen molar-refractivity contribution in [2.75, 3.05) is 11.9 Å². The SMILES string of the molecule is CCOC(=O)c1c(NC(=O)/C=C/c2cccc(F)c2)sc(C(N)=O)c1C. The normalized spacial score (nSPS) is 10.7. The number of esters is 1. The van der Waals surface area contributed by atoms with Gasteiger partial charge in [0.15, 0.2) is 0 Å². The molecule has 1 aromatic heterocycles. The lowest BCUT2D eigenvalue weighted by Gasteiger charge is -2.05. The first kappa shape index (κ1) is 19.3. The molecule has 8 heteroatoms. The Morgan fingerprint density at radius 3 is 2.69 bits per heavy atom. The van der Waals surface area contributed by atoms with Crippen molar-refractivity contribution >= 4 is 40.2 Å². The third kappa shape index (κ3) is 4.54. The van der Waals surface area contributed by atoms with Crippen molar-refractivity contribution in [3.8, 4) is 0 Å². The molecule has 0 aliphatic rings. The molecule has 0 aliphatic heterocycles. The van der Waals surface area contributed by atoms with Crippen molar-refractivity contribution in [2.45, 2.75) is 13.8 Å². The number of carbonyl (C=O) groups is 3. The first-order valence-corrected chi connectivity index (χ1v) is 8.50. The van der Waals surface area contributed by atoms with Gasteiger partial charge in [0.2, 0.25) is 5.91 Å². The molecule has 0 atom stereocenters. The van der Waals surface area contributed by atoms with Crippen molar-refractivity contribution in [3.63, 3.8) is 0 Å². The molecule has 0 fully saturated rings. The van der Waals surface area contributed by atoms with Gasteiger partial charge in [0.1, 0.15) is 10.8 Å². The highest BCUT2D eigenvalue weighted by molar-refractivity contribution is 7.18. The third-order valence-electron chi connectivity index (χ3n) is 3.36. The Morgan fingerprint density at radius 2 is 2.08 bits per heavy atom. The number of amides is 2. The van der Waals surface area contributed by atoms with Crippen LogP contribution in [0.1, 0.15) is 38.1 Å². The minimum absolute atomic E-state index is 0.0955. The second kappa shape index (κ2) is 8.39. The number of nitrogens with one attached hydrogen (secondary N) is 1. The summed E-state index contributed by atoms with van der Waals surface area (Å²) >= 11 is 0.900. The summed E-state index contributed by atoms with van der Waals surface area (Å²) in [6.07, 6.45) is 2.63. The molecule has 26 heavy (non-hydrogen) atoms. The number of carbonyl (C=O) groups excluding carboxylic acids is 3. The molecule has 0 radical (unpaired) electrons. The zero-order chi connectivity index (χ0) is 19.3. The number of thiophene rings is 1. The monoisotopic (exact) mass is 376 g/mol. The van der Waals surface area contributed by atoms with Crippen LogP contribution in [0.5, 0.6) is 0 Å². The molecular formula is C18H17FN2O4S. The topological polar surface area (TPSA) is 98.5 Å². The summed E-state index contributed by atoms with van der Waals surface area (Å²) in [6, 6.07) is 5.72. The fraction of sp³-hybridized carbons (Fsp3) is 0.167. The van der Waals surface area contributed by atoms with E-state index < -0.39 is 23.6 Å². The van der Waals surface area contributed by atoms with Crippen molar-refractivity contribution in [1.29, 1.82) is 0 Å². The van der Waals surface area contributed by atoms with Gasteiger partial charge in [-0.2, -0.15) is 0 Å². The Labute approximate surface area is 153 Å². The molecule has 0 unspecified atom stereocenters. The van der Waals surface area contributed by atoms with Gasteiger partial charge in [-0.05, 0) is 43.2 Å². The molecule has 0 spiro atoms. The van der Waals surface area contributed by atoms with Crippen molar-refractivity contribution < 1.29 is 23.5 Å². The van der Waals surface area contributed by atoms with E-state index in [2.05, 4.69) is 5.32 Å². The lowest BCUT2D eigenvalue weighted by atomic mass is 10.1. The highest BCUT2D eigenvalue weighted by Crippen LogP contribution is 2.33.